The van der Waals surface area contributed by atoms with Gasteiger partial charge in [-0.3, -0.25) is 0 Å². The van der Waals surface area contributed by atoms with E-state index >= 15 is 8.78 Å². The summed E-state index contributed by atoms with van der Waals surface area (Å²) in [6.45, 7) is 4.30. The molecule has 0 aliphatic heterocycles. The molecular weight excluding hydrogens is 410 g/mol. The average Bonchev–Trinajstić information content (AvgIpc) is 2.83. The fraction of sp³-hybridized carbons (Fsp3) is 0.548. The van der Waals surface area contributed by atoms with Crippen LogP contribution in [-0.4, -0.2) is 0 Å². The maximum absolute atomic E-state index is 15.3. The minimum absolute atomic E-state index is 0.0646. The maximum atomic E-state index is 15.3. The molecule has 2 aliphatic carbocycles. The van der Waals surface area contributed by atoms with Gasteiger partial charge in [0.05, 0.1) is 0 Å². The summed E-state index contributed by atoms with van der Waals surface area (Å²) in [5.41, 5.74) is 5.18. The van der Waals surface area contributed by atoms with Gasteiger partial charge in [-0.05, 0) is 117 Å². The van der Waals surface area contributed by atoms with E-state index in [1.165, 1.54) is 48.8 Å². The highest BCUT2D eigenvalue weighted by Gasteiger charge is 2.28. The molecule has 2 aliphatic rings. The van der Waals surface area contributed by atoms with E-state index < -0.39 is 0 Å². The Labute approximate surface area is 199 Å². The lowest BCUT2D eigenvalue weighted by atomic mass is 9.75. The van der Waals surface area contributed by atoms with Gasteiger partial charge >= 0.3 is 0 Å². The molecular formula is C31H40F2. The molecule has 0 spiro atoms. The van der Waals surface area contributed by atoms with Crippen LogP contribution in [0.5, 0.6) is 0 Å². The third kappa shape index (κ3) is 5.94. The minimum atomic E-state index is -0.325. The maximum Gasteiger partial charge on any atom is 0.129 e. The molecule has 0 heterocycles. The smallest absolute Gasteiger partial charge is 0.129 e. The minimum Gasteiger partial charge on any atom is -0.207 e. The van der Waals surface area contributed by atoms with Crippen LogP contribution in [0.1, 0.15) is 111 Å². The van der Waals surface area contributed by atoms with E-state index in [-0.39, 0.29) is 17.6 Å². The second kappa shape index (κ2) is 11.4. The van der Waals surface area contributed by atoms with Gasteiger partial charge in [-0.15, -0.1) is 0 Å². The monoisotopic (exact) mass is 450 g/mol. The first-order valence-corrected chi connectivity index (χ1v) is 13.3. The van der Waals surface area contributed by atoms with Gasteiger partial charge in [0.2, 0.25) is 0 Å². The fourth-order valence-corrected chi connectivity index (χ4v) is 6.13. The molecule has 0 radical (unpaired) electrons. The van der Waals surface area contributed by atoms with Gasteiger partial charge < -0.3 is 0 Å². The lowest BCUT2D eigenvalue weighted by molar-refractivity contribution is 0.303. The summed E-state index contributed by atoms with van der Waals surface area (Å²) < 4.78 is 30.5. The Kier molecular flexibility index (Phi) is 8.39. The van der Waals surface area contributed by atoms with Gasteiger partial charge in [-0.25, -0.2) is 8.78 Å². The first-order valence-electron chi connectivity index (χ1n) is 13.3. The Hall–Kier alpha value is -1.96. The third-order valence-corrected chi connectivity index (χ3v) is 8.13. The number of aryl methyl sites for hydroxylation is 2. The molecule has 0 bridgehead atoms. The van der Waals surface area contributed by atoms with Crippen molar-refractivity contribution >= 4 is 0 Å². The summed E-state index contributed by atoms with van der Waals surface area (Å²) in [7, 11) is 0. The quantitative estimate of drug-likeness (QED) is 0.352. The van der Waals surface area contributed by atoms with Crippen molar-refractivity contribution in [3.63, 3.8) is 0 Å². The number of allylic oxidation sites excluding steroid dienone is 2. The van der Waals surface area contributed by atoms with E-state index in [1.807, 2.05) is 0 Å². The highest BCUT2D eigenvalue weighted by Crippen LogP contribution is 2.41. The number of halogens is 2. The molecule has 1 fully saturated rings. The van der Waals surface area contributed by atoms with E-state index in [1.54, 1.807) is 12.1 Å². The molecule has 4 rings (SSSR count). The van der Waals surface area contributed by atoms with Crippen molar-refractivity contribution in [2.45, 2.75) is 103 Å². The molecule has 2 aromatic rings. The molecule has 1 atom stereocenters. The number of hydrogen-bond acceptors (Lipinski definition) is 0. The summed E-state index contributed by atoms with van der Waals surface area (Å²) in [5, 5.41) is 0. The van der Waals surface area contributed by atoms with Crippen molar-refractivity contribution in [3.8, 4) is 0 Å². The summed E-state index contributed by atoms with van der Waals surface area (Å²) in [4.78, 5) is 0. The molecule has 1 unspecified atom stereocenters. The van der Waals surface area contributed by atoms with Crippen LogP contribution < -0.4 is 0 Å². The Morgan fingerprint density at radius 1 is 0.909 bits per heavy atom. The van der Waals surface area contributed by atoms with E-state index in [9.17, 15) is 0 Å². The van der Waals surface area contributed by atoms with Crippen molar-refractivity contribution in [3.05, 3.63) is 81.9 Å². The molecule has 0 saturated heterocycles. The first-order chi connectivity index (χ1) is 16.1. The molecule has 0 nitrogen and oxygen atoms in total. The summed E-state index contributed by atoms with van der Waals surface area (Å²) in [6.07, 6.45) is 17.3. The largest absolute Gasteiger partial charge is 0.207 e. The van der Waals surface area contributed by atoms with Crippen LogP contribution in [0.4, 0.5) is 8.78 Å². The SMILES string of the molecule is C/C=C/CCc1ccc2c(c1)CCC(c1c(F)cc(C3CCC(CCCC)CC3)cc1F)C2. The summed E-state index contributed by atoms with van der Waals surface area (Å²) in [5.74, 6) is 0.407. The van der Waals surface area contributed by atoms with Crippen LogP contribution in [0.15, 0.2) is 42.5 Å². The van der Waals surface area contributed by atoms with Crippen LogP contribution in [0, 0.1) is 17.6 Å². The third-order valence-electron chi connectivity index (χ3n) is 8.13. The van der Waals surface area contributed by atoms with Gasteiger partial charge in [-0.1, -0.05) is 56.5 Å². The normalized spacial score (nSPS) is 23.1. The topological polar surface area (TPSA) is 0 Å². The van der Waals surface area contributed by atoms with Crippen LogP contribution in [-0.2, 0) is 19.3 Å². The van der Waals surface area contributed by atoms with Gasteiger partial charge in [0, 0.05) is 5.56 Å². The molecule has 0 aromatic heterocycles. The molecule has 2 aromatic carbocycles. The van der Waals surface area contributed by atoms with Crippen LogP contribution in [0.25, 0.3) is 0 Å². The number of fused-ring (bicyclic) bond motifs is 1. The number of rotatable bonds is 8. The lowest BCUT2D eigenvalue weighted by Gasteiger charge is -2.30. The second-order valence-corrected chi connectivity index (χ2v) is 10.4. The molecule has 0 N–H and O–H groups in total. The van der Waals surface area contributed by atoms with Crippen molar-refractivity contribution in [2.75, 3.05) is 0 Å². The van der Waals surface area contributed by atoms with E-state index in [0.29, 0.717) is 11.5 Å². The molecule has 1 saturated carbocycles. The molecule has 178 valence electrons. The van der Waals surface area contributed by atoms with Crippen molar-refractivity contribution in [1.82, 2.24) is 0 Å². The predicted octanol–water partition coefficient (Wildman–Crippen LogP) is 9.21. The van der Waals surface area contributed by atoms with E-state index in [2.05, 4.69) is 44.2 Å². The van der Waals surface area contributed by atoms with Crippen LogP contribution in [0.3, 0.4) is 0 Å². The zero-order chi connectivity index (χ0) is 23.2. The Morgan fingerprint density at radius 2 is 1.67 bits per heavy atom. The Morgan fingerprint density at radius 3 is 2.36 bits per heavy atom. The summed E-state index contributed by atoms with van der Waals surface area (Å²) >= 11 is 0. The zero-order valence-electron chi connectivity index (χ0n) is 20.5. The van der Waals surface area contributed by atoms with Crippen molar-refractivity contribution in [2.24, 2.45) is 5.92 Å². The first kappa shape index (κ1) is 24.2. The molecule has 0 amide bonds. The average molecular weight is 451 g/mol. The molecule has 2 heteroatoms. The van der Waals surface area contributed by atoms with Crippen molar-refractivity contribution in [1.29, 1.82) is 0 Å². The number of unbranched alkanes of at least 4 members (excludes halogenated alkanes) is 1. The standard InChI is InChI=1S/C31H40F2/c1-3-5-7-9-23-12-15-26-19-27(17-16-25(26)18-23)31-29(32)20-28(21-30(31)33)24-13-10-22(11-14-24)8-6-4-2/h3,5,12,15,18,20-22,24,27H,4,6-11,13-14,16-17,19H2,1-2H3/b5-3+. The fourth-order valence-electron chi connectivity index (χ4n) is 6.13. The van der Waals surface area contributed by atoms with Gasteiger partial charge in [0.25, 0.3) is 0 Å². The molecule has 33 heavy (non-hydrogen) atoms. The van der Waals surface area contributed by atoms with Crippen LogP contribution in [0.2, 0.25) is 0 Å². The van der Waals surface area contributed by atoms with Gasteiger partial charge in [0.1, 0.15) is 11.6 Å². The van der Waals surface area contributed by atoms with E-state index in [0.717, 1.165) is 56.4 Å². The Bertz CT molecular complexity index is 926. The van der Waals surface area contributed by atoms with Gasteiger partial charge in [0.15, 0.2) is 0 Å². The van der Waals surface area contributed by atoms with Crippen molar-refractivity contribution < 1.29 is 8.78 Å². The van der Waals surface area contributed by atoms with Gasteiger partial charge in [-0.2, -0.15) is 0 Å². The Balaban J connectivity index is 1.43. The predicted molar refractivity (Wildman–Crippen MR) is 135 cm³/mol. The highest BCUT2D eigenvalue weighted by atomic mass is 19.1. The lowest BCUT2D eigenvalue weighted by Crippen LogP contribution is -2.17. The highest BCUT2D eigenvalue weighted by molar-refractivity contribution is 5.39. The number of hydrogen-bond donors (Lipinski definition) is 0. The van der Waals surface area contributed by atoms with E-state index in [4.69, 9.17) is 0 Å². The zero-order valence-corrected chi connectivity index (χ0v) is 20.5. The summed E-state index contributed by atoms with van der Waals surface area (Å²) in [6, 6.07) is 10.0. The van der Waals surface area contributed by atoms with Crippen LogP contribution >= 0.6 is 0 Å². The number of benzene rings is 2. The second-order valence-electron chi connectivity index (χ2n) is 10.4.